The molecule has 1 aliphatic rings. The second-order valence-corrected chi connectivity index (χ2v) is 5.84. The summed E-state index contributed by atoms with van der Waals surface area (Å²) < 4.78 is 5.87. The lowest BCUT2D eigenvalue weighted by atomic mass is 9.78. The van der Waals surface area contributed by atoms with Crippen LogP contribution < -0.4 is 9.84 Å². The summed E-state index contributed by atoms with van der Waals surface area (Å²) in [5, 5.41) is 13.8. The number of rotatable bonds is 2. The zero-order valence-electron chi connectivity index (χ0n) is 12.9. The lowest BCUT2D eigenvalue weighted by molar-refractivity contribution is -0.553. The average Bonchev–Trinajstić information content (AvgIpc) is 2.63. The summed E-state index contributed by atoms with van der Waals surface area (Å²) in [4.78, 5) is 13.1. The van der Waals surface area contributed by atoms with Crippen molar-refractivity contribution in [2.45, 2.75) is 11.7 Å². The molecule has 3 aromatic rings. The Kier molecular flexibility index (Phi) is 3.44. The first-order valence-corrected chi connectivity index (χ1v) is 7.83. The van der Waals surface area contributed by atoms with Crippen molar-refractivity contribution in [1.29, 1.82) is 0 Å². The lowest BCUT2D eigenvalue weighted by Gasteiger charge is -2.49. The van der Waals surface area contributed by atoms with Crippen molar-refractivity contribution in [2.75, 3.05) is 0 Å². The summed E-state index contributed by atoms with van der Waals surface area (Å²) in [6, 6.07) is 24.9. The minimum atomic E-state index is -1.99. The quantitative estimate of drug-likeness (QED) is 0.729. The van der Waals surface area contributed by atoms with Gasteiger partial charge in [0.15, 0.2) is 5.78 Å². The first-order valence-electron chi connectivity index (χ1n) is 7.83. The molecule has 1 heterocycles. The van der Waals surface area contributed by atoms with Gasteiger partial charge in [0.05, 0.1) is 17.3 Å². The van der Waals surface area contributed by atoms with E-state index in [0.29, 0.717) is 22.4 Å². The fourth-order valence-corrected chi connectivity index (χ4v) is 3.22. The van der Waals surface area contributed by atoms with Crippen LogP contribution in [0.5, 0.6) is 5.75 Å². The molecule has 0 fully saturated rings. The Balaban J connectivity index is 1.94. The molecule has 118 valence electrons. The maximum absolute atomic E-state index is 13.8. The van der Waals surface area contributed by atoms with Crippen LogP contribution >= 0.6 is 0 Å². The normalized spacial score (nSPS) is 22.5. The number of carbonyl (C=O) groups excluding carboxylic acids is 1. The number of hydrogen-bond acceptors (Lipinski definition) is 3. The van der Waals surface area contributed by atoms with E-state index in [4.69, 9.17) is 4.74 Å². The minimum absolute atomic E-state index is 0.207. The molecule has 0 N–H and O–H groups in total. The summed E-state index contributed by atoms with van der Waals surface area (Å²) in [5.41, 5.74) is 1.56. The van der Waals surface area contributed by atoms with Gasteiger partial charge in [0.25, 0.3) is 0 Å². The van der Waals surface area contributed by atoms with Gasteiger partial charge in [-0.3, -0.25) is 4.79 Å². The number of ether oxygens (including phenoxy) is 1. The number of fused-ring (bicyclic) bond motifs is 1. The first-order chi connectivity index (χ1) is 11.7. The number of para-hydroxylation sites is 1. The van der Waals surface area contributed by atoms with E-state index in [9.17, 15) is 9.90 Å². The molecule has 0 aromatic heterocycles. The molecule has 3 aromatic carbocycles. The molecule has 0 bridgehead atoms. The van der Waals surface area contributed by atoms with Crippen LogP contribution in [-0.2, 0) is 5.79 Å². The van der Waals surface area contributed by atoms with Gasteiger partial charge in [-0.25, -0.2) is 0 Å². The molecule has 0 aliphatic carbocycles. The van der Waals surface area contributed by atoms with Gasteiger partial charge in [-0.05, 0) is 23.3 Å². The zero-order valence-corrected chi connectivity index (χ0v) is 12.9. The van der Waals surface area contributed by atoms with Crippen molar-refractivity contribution < 1.29 is 14.6 Å². The van der Waals surface area contributed by atoms with Crippen molar-refractivity contribution in [3.63, 3.8) is 0 Å². The third-order valence-electron chi connectivity index (χ3n) is 4.37. The van der Waals surface area contributed by atoms with Gasteiger partial charge >= 0.3 is 0 Å². The Morgan fingerprint density at radius 2 is 1.38 bits per heavy atom. The Labute approximate surface area is 140 Å². The van der Waals surface area contributed by atoms with Crippen LogP contribution in [0.4, 0.5) is 0 Å². The molecule has 24 heavy (non-hydrogen) atoms. The number of hydrogen-bond donors (Lipinski definition) is 0. The van der Waals surface area contributed by atoms with Crippen LogP contribution in [0.3, 0.4) is 0 Å². The smallest absolute Gasteiger partial charge is 0.176 e. The molecule has 0 amide bonds. The monoisotopic (exact) mass is 315 g/mol. The van der Waals surface area contributed by atoms with Crippen LogP contribution in [-0.4, -0.2) is 5.78 Å². The predicted molar refractivity (Wildman–Crippen MR) is 88.7 cm³/mol. The molecule has 2 atom stereocenters. The van der Waals surface area contributed by atoms with Crippen LogP contribution in [0.2, 0.25) is 0 Å². The molecule has 3 nitrogen and oxygen atoms in total. The van der Waals surface area contributed by atoms with Crippen molar-refractivity contribution in [3.05, 3.63) is 102 Å². The van der Waals surface area contributed by atoms with E-state index in [1.165, 1.54) is 0 Å². The standard InChI is InChI=1S/C21H15O3/c22-20-17-13-7-8-14-18(17)24-21(23,16-11-5-2-6-12-16)19(20)15-9-3-1-4-10-15/h1-14,19H/q-1. The maximum atomic E-state index is 13.8. The SMILES string of the molecule is O=C1c2ccccc2OC([O-])(c2ccccc2)C1c1ccccc1. The van der Waals surface area contributed by atoms with Gasteiger partial charge in [0, 0.05) is 0 Å². The Morgan fingerprint density at radius 3 is 2.08 bits per heavy atom. The lowest BCUT2D eigenvalue weighted by Crippen LogP contribution is -2.56. The van der Waals surface area contributed by atoms with E-state index >= 15 is 0 Å². The number of Topliss-reactive ketones (excluding diaryl/α,β-unsaturated/α-hetero) is 1. The summed E-state index contributed by atoms with van der Waals surface area (Å²) >= 11 is 0. The van der Waals surface area contributed by atoms with Gasteiger partial charge < -0.3 is 9.84 Å². The molecular weight excluding hydrogens is 300 g/mol. The first kappa shape index (κ1) is 14.7. The highest BCUT2D eigenvalue weighted by Gasteiger charge is 2.43. The highest BCUT2D eigenvalue weighted by Crippen LogP contribution is 2.44. The van der Waals surface area contributed by atoms with E-state index in [0.717, 1.165) is 0 Å². The fraction of sp³-hybridized carbons (Fsp3) is 0.0952. The molecule has 1 aliphatic heterocycles. The van der Waals surface area contributed by atoms with E-state index in [-0.39, 0.29) is 5.78 Å². The zero-order chi connectivity index (χ0) is 16.6. The summed E-state index contributed by atoms with van der Waals surface area (Å²) in [7, 11) is 0. The van der Waals surface area contributed by atoms with Crippen LogP contribution in [0, 0.1) is 0 Å². The topological polar surface area (TPSA) is 49.4 Å². The Bertz CT molecular complexity index is 874. The molecule has 0 saturated carbocycles. The number of carbonyl (C=O) groups is 1. The average molecular weight is 315 g/mol. The summed E-state index contributed by atoms with van der Waals surface area (Å²) in [6.07, 6.45) is 0. The van der Waals surface area contributed by atoms with Gasteiger partial charge in [-0.15, -0.1) is 0 Å². The van der Waals surface area contributed by atoms with Crippen LogP contribution in [0.15, 0.2) is 84.9 Å². The molecule has 3 heteroatoms. The molecule has 4 rings (SSSR count). The third-order valence-corrected chi connectivity index (χ3v) is 4.37. The highest BCUT2D eigenvalue weighted by atomic mass is 16.6. The molecule has 2 unspecified atom stereocenters. The molecule has 0 spiro atoms. The molecular formula is C21H15O3-. The van der Waals surface area contributed by atoms with Crippen molar-refractivity contribution in [2.24, 2.45) is 0 Å². The highest BCUT2D eigenvalue weighted by molar-refractivity contribution is 6.05. The van der Waals surface area contributed by atoms with Crippen molar-refractivity contribution in [3.8, 4) is 5.75 Å². The van der Waals surface area contributed by atoms with Crippen LogP contribution in [0.25, 0.3) is 0 Å². The summed E-state index contributed by atoms with van der Waals surface area (Å²) in [6.45, 7) is 0. The van der Waals surface area contributed by atoms with E-state index in [1.54, 1.807) is 60.7 Å². The van der Waals surface area contributed by atoms with Gasteiger partial charge in [0.2, 0.25) is 0 Å². The van der Waals surface area contributed by atoms with Gasteiger partial charge in [-0.2, -0.15) is 0 Å². The van der Waals surface area contributed by atoms with Crippen molar-refractivity contribution >= 4 is 5.78 Å². The molecule has 0 radical (unpaired) electrons. The maximum Gasteiger partial charge on any atom is 0.176 e. The number of benzene rings is 3. The second-order valence-electron chi connectivity index (χ2n) is 5.84. The van der Waals surface area contributed by atoms with E-state index in [1.807, 2.05) is 24.3 Å². The van der Waals surface area contributed by atoms with E-state index in [2.05, 4.69) is 0 Å². The Morgan fingerprint density at radius 1 is 0.792 bits per heavy atom. The van der Waals surface area contributed by atoms with Crippen molar-refractivity contribution in [1.82, 2.24) is 0 Å². The second kappa shape index (κ2) is 5.62. The van der Waals surface area contributed by atoms with Gasteiger partial charge in [-0.1, -0.05) is 72.8 Å². The third kappa shape index (κ3) is 2.22. The molecule has 0 saturated heterocycles. The minimum Gasteiger partial charge on any atom is -0.814 e. The Hall–Kier alpha value is -2.91. The fourth-order valence-electron chi connectivity index (χ4n) is 3.22. The predicted octanol–water partition coefficient (Wildman–Crippen LogP) is 3.26. The number of ketones is 1. The largest absolute Gasteiger partial charge is 0.814 e. The van der Waals surface area contributed by atoms with E-state index < -0.39 is 11.7 Å². The van der Waals surface area contributed by atoms with Crippen LogP contribution in [0.1, 0.15) is 27.4 Å². The summed E-state index contributed by atoms with van der Waals surface area (Å²) in [5.74, 6) is -2.79. The van der Waals surface area contributed by atoms with Gasteiger partial charge in [0.1, 0.15) is 5.75 Å².